The van der Waals surface area contributed by atoms with Gasteiger partial charge in [-0.3, -0.25) is 0 Å². The zero-order chi connectivity index (χ0) is 13.0. The van der Waals surface area contributed by atoms with Crippen molar-refractivity contribution in [2.45, 2.75) is 57.6 Å². The third-order valence-corrected chi connectivity index (χ3v) is 4.24. The Bertz CT molecular complexity index is 395. The van der Waals surface area contributed by atoms with Crippen molar-refractivity contribution >= 4 is 17.3 Å². The molecule has 1 heterocycles. The van der Waals surface area contributed by atoms with E-state index in [1.807, 2.05) is 6.92 Å². The first-order valence-electron chi connectivity index (χ1n) is 6.59. The fourth-order valence-corrected chi connectivity index (χ4v) is 2.91. The molecule has 1 saturated carbocycles. The van der Waals surface area contributed by atoms with E-state index in [1.165, 1.54) is 24.2 Å². The van der Waals surface area contributed by atoms with Gasteiger partial charge in [0.15, 0.2) is 5.69 Å². The summed E-state index contributed by atoms with van der Waals surface area (Å²) in [5.74, 6) is -0.301. The molecule has 2 N–H and O–H groups in total. The number of hydrogen-bond donors (Lipinski definition) is 1. The molecule has 1 atom stereocenters. The largest absolute Gasteiger partial charge is 0.458 e. The lowest BCUT2D eigenvalue weighted by atomic mass is 10.1. The van der Waals surface area contributed by atoms with E-state index >= 15 is 0 Å². The molecule has 1 aliphatic carbocycles. The molecule has 1 unspecified atom stereocenters. The number of carbonyl (C=O) groups excluding carboxylic acids is 1. The number of carbonyl (C=O) groups is 1. The first-order chi connectivity index (χ1) is 8.66. The van der Waals surface area contributed by atoms with Crippen molar-refractivity contribution in [3.05, 3.63) is 16.1 Å². The first-order valence-corrected chi connectivity index (χ1v) is 7.47. The Kier molecular flexibility index (Phi) is 4.72. The van der Waals surface area contributed by atoms with Crippen LogP contribution in [0.5, 0.6) is 0 Å². The summed E-state index contributed by atoms with van der Waals surface area (Å²) in [4.78, 5) is 16.2. The van der Waals surface area contributed by atoms with E-state index in [0.717, 1.165) is 30.7 Å². The molecule has 0 amide bonds. The van der Waals surface area contributed by atoms with Crippen LogP contribution >= 0.6 is 11.3 Å². The molecule has 0 spiro atoms. The molecule has 0 bridgehead atoms. The Balaban J connectivity index is 1.93. The molecule has 4 nitrogen and oxygen atoms in total. The van der Waals surface area contributed by atoms with Gasteiger partial charge >= 0.3 is 5.97 Å². The second-order valence-electron chi connectivity index (χ2n) is 4.88. The molecular weight excluding hydrogens is 248 g/mol. The minimum atomic E-state index is -0.301. The molecule has 0 aromatic carbocycles. The second kappa shape index (κ2) is 6.29. The van der Waals surface area contributed by atoms with Crippen LogP contribution in [-0.4, -0.2) is 17.1 Å². The normalized spacial score (nSPS) is 19.2. The maximum absolute atomic E-state index is 11.9. The SMILES string of the molecule is CC(N)c1nc(C(=O)OC2CCCCCC2)cs1. The Hall–Kier alpha value is -0.940. The molecule has 0 saturated heterocycles. The highest BCUT2D eigenvalue weighted by atomic mass is 32.1. The highest BCUT2D eigenvalue weighted by molar-refractivity contribution is 7.09. The fraction of sp³-hybridized carbons (Fsp3) is 0.692. The monoisotopic (exact) mass is 268 g/mol. The molecular formula is C13H20N2O2S. The van der Waals surface area contributed by atoms with Crippen LogP contribution in [0.15, 0.2) is 5.38 Å². The van der Waals surface area contributed by atoms with E-state index in [2.05, 4.69) is 4.98 Å². The van der Waals surface area contributed by atoms with Crippen LogP contribution in [0.3, 0.4) is 0 Å². The quantitative estimate of drug-likeness (QED) is 0.676. The van der Waals surface area contributed by atoms with Gasteiger partial charge in [-0.1, -0.05) is 12.8 Å². The van der Waals surface area contributed by atoms with E-state index in [0.29, 0.717) is 5.69 Å². The van der Waals surface area contributed by atoms with Crippen molar-refractivity contribution in [3.8, 4) is 0 Å². The summed E-state index contributed by atoms with van der Waals surface area (Å²) in [6, 6.07) is -0.130. The summed E-state index contributed by atoms with van der Waals surface area (Å²) in [6.07, 6.45) is 6.84. The van der Waals surface area contributed by atoms with Crippen LogP contribution < -0.4 is 5.73 Å². The zero-order valence-electron chi connectivity index (χ0n) is 10.7. The number of thiazole rings is 1. The predicted octanol–water partition coefficient (Wildman–Crippen LogP) is 3.04. The lowest BCUT2D eigenvalue weighted by Gasteiger charge is -2.14. The number of aromatic nitrogens is 1. The molecule has 1 aliphatic rings. The van der Waals surface area contributed by atoms with Gasteiger partial charge < -0.3 is 10.5 Å². The van der Waals surface area contributed by atoms with Gasteiger partial charge in [0.25, 0.3) is 0 Å². The molecule has 0 radical (unpaired) electrons. The highest BCUT2D eigenvalue weighted by Crippen LogP contribution is 2.22. The van der Waals surface area contributed by atoms with Gasteiger partial charge in [-0.05, 0) is 32.6 Å². The van der Waals surface area contributed by atoms with Gasteiger partial charge in [-0.2, -0.15) is 0 Å². The summed E-state index contributed by atoms with van der Waals surface area (Å²) in [6.45, 7) is 1.86. The summed E-state index contributed by atoms with van der Waals surface area (Å²) in [7, 11) is 0. The first kappa shape index (κ1) is 13.5. The average Bonchev–Trinajstić information content (AvgIpc) is 2.70. The van der Waals surface area contributed by atoms with E-state index in [-0.39, 0.29) is 18.1 Å². The lowest BCUT2D eigenvalue weighted by molar-refractivity contribution is 0.0261. The minimum absolute atomic E-state index is 0.0699. The molecule has 0 aliphatic heterocycles. The van der Waals surface area contributed by atoms with Gasteiger partial charge in [0.2, 0.25) is 0 Å². The Morgan fingerprint density at radius 3 is 2.67 bits per heavy atom. The molecule has 1 aromatic heterocycles. The second-order valence-corrected chi connectivity index (χ2v) is 5.77. The Labute approximate surface area is 112 Å². The van der Waals surface area contributed by atoms with E-state index in [9.17, 15) is 4.79 Å². The van der Waals surface area contributed by atoms with Crippen molar-refractivity contribution in [1.82, 2.24) is 4.98 Å². The number of nitrogens with zero attached hydrogens (tertiary/aromatic N) is 1. The standard InChI is InChI=1S/C13H20N2O2S/c1-9(14)12-15-11(8-18-12)13(16)17-10-6-4-2-3-5-7-10/h8-10H,2-7,14H2,1H3. The minimum Gasteiger partial charge on any atom is -0.458 e. The number of ether oxygens (including phenoxy) is 1. The molecule has 2 rings (SSSR count). The van der Waals surface area contributed by atoms with Crippen molar-refractivity contribution in [1.29, 1.82) is 0 Å². The molecule has 1 fully saturated rings. The zero-order valence-corrected chi connectivity index (χ0v) is 11.5. The maximum Gasteiger partial charge on any atom is 0.358 e. The topological polar surface area (TPSA) is 65.2 Å². The van der Waals surface area contributed by atoms with Gasteiger partial charge in [-0.25, -0.2) is 9.78 Å². The third-order valence-electron chi connectivity index (χ3n) is 3.20. The number of esters is 1. The third kappa shape index (κ3) is 3.53. The van der Waals surface area contributed by atoms with E-state index in [4.69, 9.17) is 10.5 Å². The van der Waals surface area contributed by atoms with Crippen LogP contribution in [0.1, 0.15) is 67.0 Å². The van der Waals surface area contributed by atoms with Gasteiger partial charge in [0.05, 0.1) is 6.04 Å². The number of hydrogen-bond acceptors (Lipinski definition) is 5. The summed E-state index contributed by atoms with van der Waals surface area (Å²) in [5, 5.41) is 2.51. The summed E-state index contributed by atoms with van der Waals surface area (Å²) < 4.78 is 5.51. The molecule has 1 aromatic rings. The smallest absolute Gasteiger partial charge is 0.358 e. The average molecular weight is 268 g/mol. The predicted molar refractivity (Wildman–Crippen MR) is 71.6 cm³/mol. The molecule has 100 valence electrons. The van der Waals surface area contributed by atoms with E-state index in [1.54, 1.807) is 5.38 Å². The number of rotatable bonds is 3. The number of nitrogens with two attached hydrogens (primary N) is 1. The Morgan fingerprint density at radius 1 is 1.44 bits per heavy atom. The van der Waals surface area contributed by atoms with Crippen LogP contribution in [-0.2, 0) is 4.74 Å². The van der Waals surface area contributed by atoms with Gasteiger partial charge in [0, 0.05) is 5.38 Å². The van der Waals surface area contributed by atoms with Crippen LogP contribution in [0.2, 0.25) is 0 Å². The van der Waals surface area contributed by atoms with E-state index < -0.39 is 0 Å². The maximum atomic E-state index is 11.9. The fourth-order valence-electron chi connectivity index (χ4n) is 2.16. The molecule has 5 heteroatoms. The van der Waals surface area contributed by atoms with Crippen molar-refractivity contribution in [3.63, 3.8) is 0 Å². The molecule has 18 heavy (non-hydrogen) atoms. The van der Waals surface area contributed by atoms with Crippen LogP contribution in [0, 0.1) is 0 Å². The Morgan fingerprint density at radius 2 is 2.11 bits per heavy atom. The highest BCUT2D eigenvalue weighted by Gasteiger charge is 2.20. The van der Waals surface area contributed by atoms with Crippen molar-refractivity contribution < 1.29 is 9.53 Å². The summed E-state index contributed by atoms with van der Waals surface area (Å²) in [5.41, 5.74) is 6.13. The van der Waals surface area contributed by atoms with Gasteiger partial charge in [0.1, 0.15) is 11.1 Å². The van der Waals surface area contributed by atoms with Crippen LogP contribution in [0.25, 0.3) is 0 Å². The summed E-state index contributed by atoms with van der Waals surface area (Å²) >= 11 is 1.42. The van der Waals surface area contributed by atoms with Crippen molar-refractivity contribution in [2.75, 3.05) is 0 Å². The van der Waals surface area contributed by atoms with Crippen molar-refractivity contribution in [2.24, 2.45) is 5.73 Å². The van der Waals surface area contributed by atoms with Crippen LogP contribution in [0.4, 0.5) is 0 Å². The lowest BCUT2D eigenvalue weighted by Crippen LogP contribution is -2.18. The van der Waals surface area contributed by atoms with Gasteiger partial charge in [-0.15, -0.1) is 11.3 Å².